The standard InChI is InChI=1S/C20H18O5/c1-20(2)8-7-13-9-12(10-18(24)19(13)25-20)3-6-16(22)15-5-4-14(21)11-17(15)23/h3-11,21,23-24H,1-2H3/b6-3+. The van der Waals surface area contributed by atoms with Gasteiger partial charge >= 0.3 is 0 Å². The lowest BCUT2D eigenvalue weighted by Crippen LogP contribution is -2.27. The summed E-state index contributed by atoms with van der Waals surface area (Å²) in [5.74, 6) is -0.418. The van der Waals surface area contributed by atoms with Gasteiger partial charge in [-0.25, -0.2) is 0 Å². The summed E-state index contributed by atoms with van der Waals surface area (Å²) in [6.45, 7) is 3.78. The van der Waals surface area contributed by atoms with Crippen molar-refractivity contribution in [3.63, 3.8) is 0 Å². The van der Waals surface area contributed by atoms with Crippen LogP contribution in [-0.2, 0) is 0 Å². The molecular formula is C20H18O5. The molecule has 2 aromatic rings. The molecule has 1 heterocycles. The number of hydrogen-bond donors (Lipinski definition) is 3. The van der Waals surface area contributed by atoms with E-state index in [0.29, 0.717) is 11.3 Å². The molecule has 0 aliphatic carbocycles. The second-order valence-electron chi connectivity index (χ2n) is 6.40. The second kappa shape index (κ2) is 6.02. The molecule has 2 aromatic carbocycles. The molecule has 0 unspecified atom stereocenters. The first-order valence-corrected chi connectivity index (χ1v) is 7.75. The van der Waals surface area contributed by atoms with E-state index in [-0.39, 0.29) is 22.8 Å². The Morgan fingerprint density at radius 2 is 1.84 bits per heavy atom. The van der Waals surface area contributed by atoms with Crippen molar-refractivity contribution < 1.29 is 24.9 Å². The quantitative estimate of drug-likeness (QED) is 0.584. The summed E-state index contributed by atoms with van der Waals surface area (Å²) in [5, 5.41) is 29.2. The molecule has 0 atom stereocenters. The lowest BCUT2D eigenvalue weighted by atomic mass is 9.99. The predicted octanol–water partition coefficient (Wildman–Crippen LogP) is 3.88. The first-order chi connectivity index (χ1) is 11.7. The molecule has 0 bridgehead atoms. The maximum absolute atomic E-state index is 12.2. The third-order valence-corrected chi connectivity index (χ3v) is 3.82. The molecule has 5 nitrogen and oxygen atoms in total. The number of allylic oxidation sites excluding steroid dienone is 1. The fourth-order valence-corrected chi connectivity index (χ4v) is 2.57. The zero-order valence-electron chi connectivity index (χ0n) is 13.9. The molecular weight excluding hydrogens is 320 g/mol. The van der Waals surface area contributed by atoms with E-state index in [1.165, 1.54) is 24.3 Å². The summed E-state index contributed by atoms with van der Waals surface area (Å²) in [5.41, 5.74) is 0.935. The number of phenols is 3. The van der Waals surface area contributed by atoms with Gasteiger partial charge in [0, 0.05) is 11.6 Å². The fraction of sp³-hybridized carbons (Fsp3) is 0.150. The van der Waals surface area contributed by atoms with Crippen LogP contribution in [0.1, 0.15) is 35.3 Å². The highest BCUT2D eigenvalue weighted by atomic mass is 16.5. The predicted molar refractivity (Wildman–Crippen MR) is 95.0 cm³/mol. The molecule has 128 valence electrons. The first-order valence-electron chi connectivity index (χ1n) is 7.75. The Morgan fingerprint density at radius 3 is 2.56 bits per heavy atom. The molecule has 5 heteroatoms. The lowest BCUT2D eigenvalue weighted by Gasteiger charge is -2.28. The van der Waals surface area contributed by atoms with Crippen molar-refractivity contribution in [2.75, 3.05) is 0 Å². The van der Waals surface area contributed by atoms with Gasteiger partial charge in [-0.1, -0.05) is 12.2 Å². The third-order valence-electron chi connectivity index (χ3n) is 3.82. The van der Waals surface area contributed by atoms with Crippen LogP contribution in [0.3, 0.4) is 0 Å². The van der Waals surface area contributed by atoms with Crippen molar-refractivity contribution in [1.82, 2.24) is 0 Å². The Kier molecular flexibility index (Phi) is 4.00. The highest BCUT2D eigenvalue weighted by molar-refractivity contribution is 6.08. The zero-order valence-corrected chi connectivity index (χ0v) is 13.9. The van der Waals surface area contributed by atoms with E-state index in [4.69, 9.17) is 4.74 Å². The summed E-state index contributed by atoms with van der Waals surface area (Å²) >= 11 is 0. The topological polar surface area (TPSA) is 87.0 Å². The van der Waals surface area contributed by atoms with Crippen LogP contribution >= 0.6 is 0 Å². The van der Waals surface area contributed by atoms with Crippen LogP contribution in [0.25, 0.3) is 12.2 Å². The molecule has 0 aromatic heterocycles. The second-order valence-corrected chi connectivity index (χ2v) is 6.40. The largest absolute Gasteiger partial charge is 0.508 e. The van der Waals surface area contributed by atoms with Crippen molar-refractivity contribution in [3.05, 3.63) is 59.2 Å². The summed E-state index contributed by atoms with van der Waals surface area (Å²) < 4.78 is 5.74. The first kappa shape index (κ1) is 16.6. The monoisotopic (exact) mass is 338 g/mol. The van der Waals surface area contributed by atoms with E-state index in [0.717, 1.165) is 11.6 Å². The maximum atomic E-state index is 12.2. The van der Waals surface area contributed by atoms with Gasteiger partial charge in [-0.15, -0.1) is 0 Å². The summed E-state index contributed by atoms with van der Waals surface area (Å²) in [6, 6.07) is 7.08. The average Bonchev–Trinajstić information content (AvgIpc) is 2.53. The Labute approximate surface area is 145 Å². The molecule has 0 amide bonds. The van der Waals surface area contributed by atoms with E-state index >= 15 is 0 Å². The minimum Gasteiger partial charge on any atom is -0.508 e. The Morgan fingerprint density at radius 1 is 1.08 bits per heavy atom. The zero-order chi connectivity index (χ0) is 18.2. The molecule has 1 aliphatic heterocycles. The molecule has 0 saturated carbocycles. The van der Waals surface area contributed by atoms with E-state index in [9.17, 15) is 20.1 Å². The summed E-state index contributed by atoms with van der Waals surface area (Å²) in [4.78, 5) is 12.2. The number of phenolic OH excluding ortho intramolecular Hbond substituents is 3. The van der Waals surface area contributed by atoms with Gasteiger partial charge in [0.25, 0.3) is 0 Å². The van der Waals surface area contributed by atoms with Gasteiger partial charge < -0.3 is 20.1 Å². The van der Waals surface area contributed by atoms with Crippen LogP contribution < -0.4 is 4.74 Å². The van der Waals surface area contributed by atoms with Crippen molar-refractivity contribution in [2.24, 2.45) is 0 Å². The molecule has 3 rings (SSSR count). The number of hydrogen-bond acceptors (Lipinski definition) is 5. The number of aromatic hydroxyl groups is 3. The van der Waals surface area contributed by atoms with Gasteiger partial charge in [0.1, 0.15) is 17.1 Å². The number of ketones is 1. The van der Waals surface area contributed by atoms with Crippen molar-refractivity contribution >= 4 is 17.9 Å². The lowest BCUT2D eigenvalue weighted by molar-refractivity contribution is 0.104. The van der Waals surface area contributed by atoms with Crippen molar-refractivity contribution in [2.45, 2.75) is 19.4 Å². The molecule has 1 aliphatic rings. The van der Waals surface area contributed by atoms with Crippen LogP contribution in [0.4, 0.5) is 0 Å². The Balaban J connectivity index is 1.87. The average molecular weight is 338 g/mol. The van der Waals surface area contributed by atoms with Crippen molar-refractivity contribution in [1.29, 1.82) is 0 Å². The fourth-order valence-electron chi connectivity index (χ4n) is 2.57. The Hall–Kier alpha value is -3.21. The number of carbonyl (C=O) groups excluding carboxylic acids is 1. The summed E-state index contributed by atoms with van der Waals surface area (Å²) in [7, 11) is 0. The van der Waals surface area contributed by atoms with E-state index in [2.05, 4.69) is 0 Å². The van der Waals surface area contributed by atoms with Gasteiger partial charge in [0.2, 0.25) is 0 Å². The Bertz CT molecular complexity index is 907. The number of ether oxygens (including phenoxy) is 1. The molecule has 3 N–H and O–H groups in total. The van der Waals surface area contributed by atoms with Crippen LogP contribution in [0.5, 0.6) is 23.0 Å². The normalized spacial score (nSPS) is 15.0. The molecule has 25 heavy (non-hydrogen) atoms. The van der Waals surface area contributed by atoms with Crippen LogP contribution in [-0.4, -0.2) is 26.7 Å². The smallest absolute Gasteiger partial charge is 0.189 e. The van der Waals surface area contributed by atoms with Gasteiger partial charge in [0.15, 0.2) is 17.3 Å². The SMILES string of the molecule is CC1(C)C=Cc2cc(/C=C/C(=O)c3ccc(O)cc3O)cc(O)c2O1. The highest BCUT2D eigenvalue weighted by Gasteiger charge is 2.24. The minimum absolute atomic E-state index is 0.00509. The molecule has 0 radical (unpaired) electrons. The highest BCUT2D eigenvalue weighted by Crippen LogP contribution is 2.39. The van der Waals surface area contributed by atoms with Crippen LogP contribution in [0.2, 0.25) is 0 Å². The van der Waals surface area contributed by atoms with E-state index in [1.807, 2.05) is 26.0 Å². The summed E-state index contributed by atoms with van der Waals surface area (Å²) in [6.07, 6.45) is 6.60. The van der Waals surface area contributed by atoms with Gasteiger partial charge in [0.05, 0.1) is 5.56 Å². The van der Waals surface area contributed by atoms with Gasteiger partial charge in [-0.2, -0.15) is 0 Å². The number of fused-ring (bicyclic) bond motifs is 1. The van der Waals surface area contributed by atoms with Crippen molar-refractivity contribution in [3.8, 4) is 23.0 Å². The molecule has 0 saturated heterocycles. The third kappa shape index (κ3) is 3.50. The van der Waals surface area contributed by atoms with Crippen LogP contribution in [0, 0.1) is 0 Å². The van der Waals surface area contributed by atoms with Gasteiger partial charge in [-0.3, -0.25) is 4.79 Å². The van der Waals surface area contributed by atoms with E-state index in [1.54, 1.807) is 12.1 Å². The van der Waals surface area contributed by atoms with Crippen LogP contribution in [0.15, 0.2) is 42.5 Å². The number of benzene rings is 2. The van der Waals surface area contributed by atoms with E-state index < -0.39 is 11.4 Å². The molecule has 0 spiro atoms. The number of carbonyl (C=O) groups is 1. The molecule has 0 fully saturated rings. The van der Waals surface area contributed by atoms with Gasteiger partial charge in [-0.05, 0) is 55.8 Å². The minimum atomic E-state index is -0.492. The number of rotatable bonds is 3. The maximum Gasteiger partial charge on any atom is 0.189 e.